The fraction of sp³-hybridized carbons (Fsp3) is 0.833. The van der Waals surface area contributed by atoms with E-state index in [1.165, 1.54) is 31.3 Å². The van der Waals surface area contributed by atoms with Crippen LogP contribution in [-0.2, 0) is 9.47 Å². The van der Waals surface area contributed by atoms with E-state index in [4.69, 9.17) is 9.47 Å². The molecule has 1 aliphatic carbocycles. The molecule has 0 aromatic carbocycles. The van der Waals surface area contributed by atoms with Crippen molar-refractivity contribution >= 4 is 0 Å². The van der Waals surface area contributed by atoms with Crippen LogP contribution in [0.5, 0.6) is 0 Å². The Morgan fingerprint density at radius 1 is 0.884 bits per heavy atom. The summed E-state index contributed by atoms with van der Waals surface area (Å²) in [6, 6.07) is 0. The highest BCUT2D eigenvalue weighted by Crippen LogP contribution is 2.34. The highest BCUT2D eigenvalue weighted by molar-refractivity contribution is 5.28. The number of unbranched alkanes of at least 4 members (excludes halogenated alkanes) is 2. The molecule has 0 aliphatic heterocycles. The second-order valence-corrected chi connectivity index (χ2v) is 13.8. The predicted octanol–water partition coefficient (Wildman–Crippen LogP) is 7.55. The van der Waals surface area contributed by atoms with Gasteiger partial charge in [-0.2, -0.15) is 0 Å². The lowest BCUT2D eigenvalue weighted by Gasteiger charge is -2.41. The molecule has 0 bridgehead atoms. The molecule has 0 fully saturated rings. The Morgan fingerprint density at radius 2 is 1.49 bits per heavy atom. The SMILES string of the molecule is CCCCC(CC)COC/C(O)=C\NC(C)(C)C(CC(O)C(C)(C)NC(O)COCC(CC)CCCC)C1=CCCC=C1. The van der Waals surface area contributed by atoms with Crippen LogP contribution in [0.2, 0.25) is 0 Å². The zero-order chi connectivity index (χ0) is 32.3. The smallest absolute Gasteiger partial charge is 0.133 e. The van der Waals surface area contributed by atoms with Crippen LogP contribution in [0.15, 0.2) is 35.8 Å². The summed E-state index contributed by atoms with van der Waals surface area (Å²) in [7, 11) is 0. The standard InChI is InChI=1S/C36H68N2O5/c1-9-13-18-28(11-3)24-42-26-31(39)23-37-35(5,6)32(30-20-16-15-17-21-30)22-33(40)36(7,8)38-34(41)27-43-25-29(12-4)19-14-10-2/h16,20-21,23,28-29,32-34,37-41H,9-15,17-19,22,24-27H2,1-8H3/b31-23+. The molecular formula is C36H68N2O5. The summed E-state index contributed by atoms with van der Waals surface area (Å²) in [5.74, 6) is 1.16. The molecule has 1 aliphatic rings. The van der Waals surface area contributed by atoms with Crippen LogP contribution >= 0.6 is 0 Å². The van der Waals surface area contributed by atoms with Crippen LogP contribution in [0.25, 0.3) is 0 Å². The number of allylic oxidation sites excluding steroid dienone is 3. The van der Waals surface area contributed by atoms with Gasteiger partial charge in [-0.3, -0.25) is 5.32 Å². The average molecular weight is 609 g/mol. The van der Waals surface area contributed by atoms with E-state index in [9.17, 15) is 15.3 Å². The van der Waals surface area contributed by atoms with Gasteiger partial charge in [0.25, 0.3) is 0 Å². The third-order valence-electron chi connectivity index (χ3n) is 9.06. The molecule has 0 spiro atoms. The van der Waals surface area contributed by atoms with Crippen LogP contribution in [0, 0.1) is 17.8 Å². The van der Waals surface area contributed by atoms with E-state index in [2.05, 4.69) is 70.4 Å². The first-order valence-electron chi connectivity index (χ1n) is 17.2. The molecule has 0 radical (unpaired) electrons. The Bertz CT molecular complexity index is 822. The van der Waals surface area contributed by atoms with Gasteiger partial charge in [0.05, 0.1) is 12.7 Å². The lowest BCUT2D eigenvalue weighted by molar-refractivity contribution is -0.0345. The summed E-state index contributed by atoms with van der Waals surface area (Å²) in [6.45, 7) is 18.5. The molecule has 5 unspecified atom stereocenters. The van der Waals surface area contributed by atoms with E-state index in [0.29, 0.717) is 31.5 Å². The molecule has 0 aromatic rings. The fourth-order valence-electron chi connectivity index (χ4n) is 5.71. The number of nitrogens with one attached hydrogen (secondary N) is 2. The van der Waals surface area contributed by atoms with E-state index >= 15 is 0 Å². The second-order valence-electron chi connectivity index (χ2n) is 13.8. The van der Waals surface area contributed by atoms with Gasteiger partial charge in [-0.05, 0) is 77.2 Å². The van der Waals surface area contributed by atoms with Crippen molar-refractivity contribution in [2.75, 3.05) is 26.4 Å². The molecular weight excluding hydrogens is 540 g/mol. The maximum atomic E-state index is 11.5. The maximum absolute atomic E-state index is 11.5. The summed E-state index contributed by atoms with van der Waals surface area (Å²) in [5.41, 5.74) is -0.0472. The summed E-state index contributed by atoms with van der Waals surface area (Å²) in [4.78, 5) is 0. The van der Waals surface area contributed by atoms with Gasteiger partial charge >= 0.3 is 0 Å². The second kappa shape index (κ2) is 21.4. The Morgan fingerprint density at radius 3 is 2.02 bits per heavy atom. The molecule has 0 heterocycles. The van der Waals surface area contributed by atoms with Crippen molar-refractivity contribution in [1.29, 1.82) is 0 Å². The lowest BCUT2D eigenvalue weighted by atomic mass is 9.74. The van der Waals surface area contributed by atoms with Crippen LogP contribution in [0.3, 0.4) is 0 Å². The van der Waals surface area contributed by atoms with Crippen molar-refractivity contribution < 1.29 is 24.8 Å². The van der Waals surface area contributed by atoms with Crippen molar-refractivity contribution in [3.8, 4) is 0 Å². The highest BCUT2D eigenvalue weighted by Gasteiger charge is 2.38. The zero-order valence-corrected chi connectivity index (χ0v) is 29.0. The third kappa shape index (κ3) is 16.0. The Hall–Kier alpha value is -1.38. The summed E-state index contributed by atoms with van der Waals surface area (Å²) in [6.07, 6.45) is 18.3. The molecule has 0 amide bonds. The molecule has 0 saturated carbocycles. The van der Waals surface area contributed by atoms with Crippen LogP contribution in [-0.4, -0.2) is 65.2 Å². The van der Waals surface area contributed by atoms with Gasteiger partial charge in [-0.1, -0.05) is 84.4 Å². The molecule has 0 saturated heterocycles. The minimum absolute atomic E-state index is 0.0409. The van der Waals surface area contributed by atoms with Gasteiger partial charge in [0.15, 0.2) is 0 Å². The van der Waals surface area contributed by atoms with Crippen molar-refractivity contribution in [2.45, 2.75) is 149 Å². The molecule has 252 valence electrons. The summed E-state index contributed by atoms with van der Waals surface area (Å²) >= 11 is 0. The molecule has 7 heteroatoms. The number of aliphatic hydroxyl groups is 3. The van der Waals surface area contributed by atoms with E-state index in [0.717, 1.165) is 38.5 Å². The Labute approximate surface area is 264 Å². The van der Waals surface area contributed by atoms with E-state index in [1.807, 2.05) is 13.8 Å². The molecule has 5 N–H and O–H groups in total. The predicted molar refractivity (Wildman–Crippen MR) is 180 cm³/mol. The topological polar surface area (TPSA) is 103 Å². The van der Waals surface area contributed by atoms with Gasteiger partial charge in [0.2, 0.25) is 0 Å². The van der Waals surface area contributed by atoms with Gasteiger partial charge in [0.1, 0.15) is 18.6 Å². The molecule has 43 heavy (non-hydrogen) atoms. The first-order chi connectivity index (χ1) is 20.4. The lowest BCUT2D eigenvalue weighted by Crippen LogP contribution is -2.57. The summed E-state index contributed by atoms with van der Waals surface area (Å²) in [5, 5.41) is 39.4. The average Bonchev–Trinajstić information content (AvgIpc) is 2.98. The summed E-state index contributed by atoms with van der Waals surface area (Å²) < 4.78 is 11.7. The Kier molecular flexibility index (Phi) is 19.7. The molecule has 7 nitrogen and oxygen atoms in total. The number of aliphatic hydroxyl groups excluding tert-OH is 3. The third-order valence-corrected chi connectivity index (χ3v) is 9.06. The highest BCUT2D eigenvalue weighted by atomic mass is 16.5. The van der Waals surface area contributed by atoms with Crippen LogP contribution in [0.1, 0.15) is 126 Å². The minimum atomic E-state index is -0.874. The van der Waals surface area contributed by atoms with Gasteiger partial charge in [0, 0.05) is 36.4 Å². The van der Waals surface area contributed by atoms with Crippen LogP contribution < -0.4 is 10.6 Å². The van der Waals surface area contributed by atoms with Crippen molar-refractivity contribution in [3.05, 3.63) is 35.8 Å². The Balaban J connectivity index is 2.81. The number of ether oxygens (including phenoxy) is 2. The number of rotatable bonds is 25. The monoisotopic (exact) mass is 609 g/mol. The quantitative estimate of drug-likeness (QED) is 0.0539. The number of hydrogen-bond acceptors (Lipinski definition) is 7. The molecule has 5 atom stereocenters. The largest absolute Gasteiger partial charge is 0.508 e. The normalized spacial score (nSPS) is 18.2. The van der Waals surface area contributed by atoms with Crippen molar-refractivity contribution in [2.24, 2.45) is 17.8 Å². The first-order valence-corrected chi connectivity index (χ1v) is 17.2. The van der Waals surface area contributed by atoms with Crippen LogP contribution in [0.4, 0.5) is 0 Å². The fourth-order valence-corrected chi connectivity index (χ4v) is 5.71. The van der Waals surface area contributed by atoms with E-state index in [1.54, 1.807) is 6.20 Å². The van der Waals surface area contributed by atoms with Crippen molar-refractivity contribution in [1.82, 2.24) is 10.6 Å². The number of hydrogen-bond donors (Lipinski definition) is 5. The van der Waals surface area contributed by atoms with Gasteiger partial charge < -0.3 is 30.1 Å². The van der Waals surface area contributed by atoms with Crippen molar-refractivity contribution in [3.63, 3.8) is 0 Å². The maximum Gasteiger partial charge on any atom is 0.133 e. The van der Waals surface area contributed by atoms with E-state index < -0.39 is 23.4 Å². The zero-order valence-electron chi connectivity index (χ0n) is 29.0. The minimum Gasteiger partial charge on any atom is -0.508 e. The molecule has 1 rings (SSSR count). The van der Waals surface area contributed by atoms with Gasteiger partial charge in [-0.15, -0.1) is 0 Å². The van der Waals surface area contributed by atoms with E-state index in [-0.39, 0.29) is 24.9 Å². The first kappa shape index (κ1) is 39.6. The van der Waals surface area contributed by atoms with Gasteiger partial charge in [-0.25, -0.2) is 0 Å². The molecule has 0 aromatic heterocycles.